The number of carbonyl (C=O) groups is 1. The number of amides is 1. The van der Waals surface area contributed by atoms with E-state index >= 15 is 0 Å². The standard InChI is InChI=1S/C27H44N4O2/c1-18(6-4-5-7-25(33)29-17-30-31-28)22-10-11-23-21-9-8-19-16-20(32)12-14-26(19,2)24(21)13-15-27(22,23)3/h5,7,18-24,32H,4,6,8-17H2,1-3H3,(H,29,33). The molecule has 0 aromatic rings. The van der Waals surface area contributed by atoms with Crippen molar-refractivity contribution in [3.63, 3.8) is 0 Å². The fourth-order valence-electron chi connectivity index (χ4n) is 9.17. The van der Waals surface area contributed by atoms with E-state index in [1.54, 1.807) is 6.08 Å². The molecule has 6 heteroatoms. The lowest BCUT2D eigenvalue weighted by Crippen LogP contribution is -2.54. The van der Waals surface area contributed by atoms with Gasteiger partial charge in [0.25, 0.3) is 0 Å². The molecular weight excluding hydrogens is 412 g/mol. The summed E-state index contributed by atoms with van der Waals surface area (Å²) in [7, 11) is 0. The van der Waals surface area contributed by atoms with Crippen LogP contribution in [0.1, 0.15) is 91.4 Å². The Hall–Kier alpha value is -1.52. The number of fused-ring (bicyclic) bond motifs is 5. The summed E-state index contributed by atoms with van der Waals surface area (Å²) in [4.78, 5) is 14.4. The van der Waals surface area contributed by atoms with E-state index in [0.29, 0.717) is 16.7 Å². The van der Waals surface area contributed by atoms with Crippen molar-refractivity contribution in [2.24, 2.45) is 51.5 Å². The van der Waals surface area contributed by atoms with Gasteiger partial charge in [-0.1, -0.05) is 32.0 Å². The van der Waals surface area contributed by atoms with Crippen molar-refractivity contribution in [3.05, 3.63) is 22.6 Å². The molecular formula is C27H44N4O2. The molecule has 4 aliphatic carbocycles. The Kier molecular flexibility index (Phi) is 7.45. The third-order valence-corrected chi connectivity index (χ3v) is 10.8. The summed E-state index contributed by atoms with van der Waals surface area (Å²) in [6.07, 6.45) is 17.0. The quantitative estimate of drug-likeness (QED) is 0.201. The van der Waals surface area contributed by atoms with Crippen molar-refractivity contribution < 1.29 is 9.90 Å². The number of nitrogens with one attached hydrogen (secondary N) is 1. The number of nitrogens with zero attached hydrogens (tertiary/aromatic N) is 3. The average molecular weight is 457 g/mol. The molecule has 1 amide bonds. The maximum atomic E-state index is 11.7. The summed E-state index contributed by atoms with van der Waals surface area (Å²) in [5, 5.41) is 16.2. The first kappa shape index (κ1) is 24.6. The number of carbonyl (C=O) groups excluding carboxylic acids is 1. The zero-order valence-corrected chi connectivity index (χ0v) is 20.9. The minimum Gasteiger partial charge on any atom is -0.393 e. The molecule has 0 saturated heterocycles. The van der Waals surface area contributed by atoms with E-state index in [2.05, 4.69) is 36.1 Å². The second-order valence-corrected chi connectivity index (χ2v) is 12.2. The zero-order valence-electron chi connectivity index (χ0n) is 20.9. The highest BCUT2D eigenvalue weighted by Crippen LogP contribution is 2.68. The first-order valence-electron chi connectivity index (χ1n) is 13.4. The van der Waals surface area contributed by atoms with Crippen LogP contribution >= 0.6 is 0 Å². The molecule has 9 atom stereocenters. The number of azide groups is 1. The highest BCUT2D eigenvalue weighted by molar-refractivity contribution is 5.87. The smallest absolute Gasteiger partial charge is 0.243 e. The van der Waals surface area contributed by atoms with Crippen LogP contribution in [-0.2, 0) is 4.79 Å². The van der Waals surface area contributed by atoms with Gasteiger partial charge in [0.15, 0.2) is 0 Å². The van der Waals surface area contributed by atoms with Crippen LogP contribution in [0, 0.1) is 46.3 Å². The molecule has 33 heavy (non-hydrogen) atoms. The fourth-order valence-corrected chi connectivity index (χ4v) is 9.17. The van der Waals surface area contributed by atoms with E-state index in [4.69, 9.17) is 5.53 Å². The minimum atomic E-state index is -0.194. The molecule has 0 bridgehead atoms. The summed E-state index contributed by atoms with van der Waals surface area (Å²) >= 11 is 0. The number of aliphatic hydroxyl groups excluding tert-OH is 1. The van der Waals surface area contributed by atoms with Gasteiger partial charge in [-0.2, -0.15) is 0 Å². The van der Waals surface area contributed by atoms with Gasteiger partial charge in [0.2, 0.25) is 5.91 Å². The van der Waals surface area contributed by atoms with Crippen LogP contribution in [0.4, 0.5) is 0 Å². The number of allylic oxidation sites excluding steroid dienone is 1. The van der Waals surface area contributed by atoms with Gasteiger partial charge < -0.3 is 10.4 Å². The lowest BCUT2D eigenvalue weighted by atomic mass is 9.44. The molecule has 0 aromatic carbocycles. The maximum absolute atomic E-state index is 11.7. The number of hydrogen-bond donors (Lipinski definition) is 2. The number of hydrogen-bond acceptors (Lipinski definition) is 3. The molecule has 4 aliphatic rings. The molecule has 6 nitrogen and oxygen atoms in total. The van der Waals surface area contributed by atoms with Crippen LogP contribution in [0.15, 0.2) is 17.3 Å². The Morgan fingerprint density at radius 3 is 2.70 bits per heavy atom. The Labute approximate surface area is 199 Å². The van der Waals surface area contributed by atoms with Crippen LogP contribution < -0.4 is 5.32 Å². The van der Waals surface area contributed by atoms with Crippen molar-refractivity contribution in [3.8, 4) is 0 Å². The fraction of sp³-hybridized carbons (Fsp3) is 0.889. The maximum Gasteiger partial charge on any atom is 0.243 e. The van der Waals surface area contributed by atoms with E-state index in [-0.39, 0.29) is 18.7 Å². The largest absolute Gasteiger partial charge is 0.393 e. The van der Waals surface area contributed by atoms with Gasteiger partial charge in [-0.25, -0.2) is 0 Å². The number of rotatable bonds is 7. The van der Waals surface area contributed by atoms with E-state index in [1.165, 1.54) is 44.9 Å². The Morgan fingerprint density at radius 1 is 1.15 bits per heavy atom. The second-order valence-electron chi connectivity index (χ2n) is 12.2. The van der Waals surface area contributed by atoms with Crippen LogP contribution in [-0.4, -0.2) is 23.8 Å². The zero-order chi connectivity index (χ0) is 23.6. The first-order chi connectivity index (χ1) is 15.8. The van der Waals surface area contributed by atoms with E-state index in [0.717, 1.165) is 55.3 Å². The summed E-state index contributed by atoms with van der Waals surface area (Å²) in [5.74, 6) is 4.62. The van der Waals surface area contributed by atoms with E-state index in [1.807, 2.05) is 6.08 Å². The predicted molar refractivity (Wildman–Crippen MR) is 131 cm³/mol. The summed E-state index contributed by atoms with van der Waals surface area (Å²) in [6, 6.07) is 0. The molecule has 184 valence electrons. The van der Waals surface area contributed by atoms with Crippen molar-refractivity contribution in [1.82, 2.24) is 5.32 Å². The van der Waals surface area contributed by atoms with Crippen LogP contribution in [0.25, 0.3) is 10.4 Å². The molecule has 0 spiro atoms. The molecule has 0 radical (unpaired) electrons. The van der Waals surface area contributed by atoms with Gasteiger partial charge in [-0.15, -0.1) is 0 Å². The molecule has 4 rings (SSSR count). The normalized spacial score (nSPS) is 43.2. The summed E-state index contributed by atoms with van der Waals surface area (Å²) in [5.41, 5.74) is 9.20. The van der Waals surface area contributed by atoms with Crippen LogP contribution in [0.5, 0.6) is 0 Å². The number of aliphatic hydroxyl groups is 1. The molecule has 4 fully saturated rings. The summed E-state index contributed by atoms with van der Waals surface area (Å²) < 4.78 is 0. The van der Waals surface area contributed by atoms with E-state index in [9.17, 15) is 9.90 Å². The Morgan fingerprint density at radius 2 is 1.91 bits per heavy atom. The van der Waals surface area contributed by atoms with E-state index < -0.39 is 0 Å². The monoisotopic (exact) mass is 456 g/mol. The lowest BCUT2D eigenvalue weighted by molar-refractivity contribution is -0.129. The molecule has 2 N–H and O–H groups in total. The van der Waals surface area contributed by atoms with Crippen molar-refractivity contribution in [2.45, 2.75) is 97.5 Å². The molecule has 0 aromatic heterocycles. The Balaban J connectivity index is 1.35. The Bertz CT molecular complexity index is 793. The third-order valence-electron chi connectivity index (χ3n) is 10.8. The highest BCUT2D eigenvalue weighted by Gasteiger charge is 2.60. The second kappa shape index (κ2) is 10.00. The average Bonchev–Trinajstić information content (AvgIpc) is 3.14. The van der Waals surface area contributed by atoms with Crippen LogP contribution in [0.3, 0.4) is 0 Å². The molecule has 0 heterocycles. The van der Waals surface area contributed by atoms with Gasteiger partial charge in [0, 0.05) is 4.91 Å². The minimum absolute atomic E-state index is 0.000424. The van der Waals surface area contributed by atoms with Crippen molar-refractivity contribution in [2.75, 3.05) is 6.67 Å². The molecule has 4 saturated carbocycles. The van der Waals surface area contributed by atoms with Gasteiger partial charge in [-0.05, 0) is 129 Å². The highest BCUT2D eigenvalue weighted by atomic mass is 16.3. The third kappa shape index (κ3) is 4.71. The molecule has 9 unspecified atom stereocenters. The van der Waals surface area contributed by atoms with Crippen LogP contribution in [0.2, 0.25) is 0 Å². The SMILES string of the molecule is CC(CCC=CC(=O)NCN=[N+]=[N-])C1CCC2C3CCC4CC(O)CCC4(C)C3CCC12C. The topological polar surface area (TPSA) is 98.1 Å². The predicted octanol–water partition coefficient (Wildman–Crippen LogP) is 6.36. The van der Waals surface area contributed by atoms with Gasteiger partial charge in [0.05, 0.1) is 12.8 Å². The lowest BCUT2D eigenvalue weighted by Gasteiger charge is -2.61. The van der Waals surface area contributed by atoms with Gasteiger partial charge in [-0.3, -0.25) is 4.79 Å². The van der Waals surface area contributed by atoms with Crippen molar-refractivity contribution in [1.29, 1.82) is 0 Å². The molecule has 0 aliphatic heterocycles. The van der Waals surface area contributed by atoms with Crippen molar-refractivity contribution >= 4 is 5.91 Å². The van der Waals surface area contributed by atoms with Gasteiger partial charge in [0.1, 0.15) is 0 Å². The summed E-state index contributed by atoms with van der Waals surface area (Å²) in [6.45, 7) is 7.62. The first-order valence-corrected chi connectivity index (χ1v) is 13.4. The van der Waals surface area contributed by atoms with Gasteiger partial charge >= 0.3 is 0 Å².